The molecule has 0 aliphatic rings. The second-order valence-electron chi connectivity index (χ2n) is 5.09. The van der Waals surface area contributed by atoms with Crippen molar-refractivity contribution < 1.29 is 4.74 Å². The molecule has 0 aliphatic carbocycles. The molecule has 0 spiro atoms. The minimum Gasteiger partial charge on any atom is -0.479 e. The number of aryl methyl sites for hydroxylation is 1. The summed E-state index contributed by atoms with van der Waals surface area (Å²) < 4.78 is 8.89. The third-order valence-corrected chi connectivity index (χ3v) is 3.40. The first-order valence-corrected chi connectivity index (χ1v) is 7.22. The molecule has 0 fully saturated rings. The second kappa shape index (κ2) is 5.61. The van der Waals surface area contributed by atoms with Crippen LogP contribution >= 0.6 is 0 Å². The number of hydrogen-bond donors (Lipinski definition) is 1. The Kier molecular flexibility index (Phi) is 3.30. The minimum absolute atomic E-state index is 0.434. The van der Waals surface area contributed by atoms with Gasteiger partial charge in [0.05, 0.1) is 25.3 Å². The van der Waals surface area contributed by atoms with Crippen molar-refractivity contribution >= 4 is 17.4 Å². The predicted octanol–water partition coefficient (Wildman–Crippen LogP) is 1.77. The average molecular weight is 322 g/mol. The van der Waals surface area contributed by atoms with Crippen LogP contribution in [0.4, 0.5) is 11.8 Å². The van der Waals surface area contributed by atoms with Crippen molar-refractivity contribution in [3.63, 3.8) is 0 Å². The Hall–Kier alpha value is -3.49. The summed E-state index contributed by atoms with van der Waals surface area (Å²) in [6.07, 6.45) is 8.64. The lowest BCUT2D eigenvalue weighted by Gasteiger charge is -2.10. The van der Waals surface area contributed by atoms with E-state index in [1.807, 2.05) is 29.8 Å². The highest BCUT2D eigenvalue weighted by atomic mass is 16.5. The maximum atomic E-state index is 5.39. The van der Waals surface area contributed by atoms with Crippen LogP contribution < -0.4 is 10.1 Å². The van der Waals surface area contributed by atoms with Crippen LogP contribution in [0.3, 0.4) is 0 Å². The van der Waals surface area contributed by atoms with E-state index in [1.165, 1.54) is 0 Å². The van der Waals surface area contributed by atoms with Crippen molar-refractivity contribution in [1.29, 1.82) is 0 Å². The van der Waals surface area contributed by atoms with Crippen LogP contribution in [0.1, 0.15) is 5.69 Å². The Morgan fingerprint density at radius 2 is 2.12 bits per heavy atom. The Balaban J connectivity index is 1.66. The van der Waals surface area contributed by atoms with Crippen LogP contribution in [-0.4, -0.2) is 41.2 Å². The number of anilines is 2. The Bertz CT molecular complexity index is 973. The van der Waals surface area contributed by atoms with Gasteiger partial charge in [-0.05, 0) is 19.1 Å². The zero-order valence-corrected chi connectivity index (χ0v) is 13.1. The van der Waals surface area contributed by atoms with E-state index in [4.69, 9.17) is 4.74 Å². The van der Waals surface area contributed by atoms with Crippen molar-refractivity contribution in [2.45, 2.75) is 6.92 Å². The summed E-state index contributed by atoms with van der Waals surface area (Å²) in [6, 6.07) is 3.73. The van der Waals surface area contributed by atoms with Crippen molar-refractivity contribution in [1.82, 2.24) is 34.1 Å². The summed E-state index contributed by atoms with van der Waals surface area (Å²) in [4.78, 5) is 17.0. The van der Waals surface area contributed by atoms with E-state index in [0.717, 1.165) is 11.4 Å². The molecule has 0 amide bonds. The van der Waals surface area contributed by atoms with Gasteiger partial charge in [0, 0.05) is 18.6 Å². The molecule has 0 saturated carbocycles. The van der Waals surface area contributed by atoms with E-state index in [1.54, 1.807) is 36.5 Å². The molecule has 9 nitrogen and oxygen atoms in total. The Morgan fingerprint density at radius 3 is 2.88 bits per heavy atom. The fraction of sp³-hybridized carbons (Fsp3) is 0.133. The van der Waals surface area contributed by atoms with E-state index < -0.39 is 0 Å². The molecule has 4 rings (SSSR count). The largest absolute Gasteiger partial charge is 0.479 e. The highest BCUT2D eigenvalue weighted by Gasteiger charge is 2.10. The quantitative estimate of drug-likeness (QED) is 0.611. The summed E-state index contributed by atoms with van der Waals surface area (Å²) in [5, 5.41) is 7.37. The fourth-order valence-electron chi connectivity index (χ4n) is 2.31. The SMILES string of the molecule is COc1nc(Nc2nc3cnccn3n2)ccc1-n1cnc(C)c1. The monoisotopic (exact) mass is 322 g/mol. The van der Waals surface area contributed by atoms with Crippen LogP contribution in [-0.2, 0) is 0 Å². The van der Waals surface area contributed by atoms with Gasteiger partial charge in [0.25, 0.3) is 0 Å². The van der Waals surface area contributed by atoms with Crippen LogP contribution in [0.25, 0.3) is 11.3 Å². The zero-order chi connectivity index (χ0) is 16.5. The number of pyridine rings is 1. The van der Waals surface area contributed by atoms with E-state index in [2.05, 4.69) is 30.4 Å². The van der Waals surface area contributed by atoms with Crippen molar-refractivity contribution in [2.24, 2.45) is 0 Å². The molecular formula is C15H14N8O. The van der Waals surface area contributed by atoms with Gasteiger partial charge in [-0.25, -0.2) is 9.50 Å². The standard InChI is InChI=1S/C15H14N8O/c1-10-8-22(9-17-10)11-3-4-12(18-14(11)24-2)19-15-20-13-7-16-5-6-23(13)21-15/h3-9H,1-2H3,(H,18,19,21). The topological polar surface area (TPSA) is 95.0 Å². The zero-order valence-electron chi connectivity index (χ0n) is 13.1. The fourth-order valence-corrected chi connectivity index (χ4v) is 2.31. The van der Waals surface area contributed by atoms with Crippen LogP contribution in [0.2, 0.25) is 0 Å². The number of aromatic nitrogens is 7. The summed E-state index contributed by atoms with van der Waals surface area (Å²) in [7, 11) is 1.58. The first-order valence-electron chi connectivity index (χ1n) is 7.22. The smallest absolute Gasteiger partial charge is 0.248 e. The first-order chi connectivity index (χ1) is 11.7. The summed E-state index contributed by atoms with van der Waals surface area (Å²) in [5.74, 6) is 1.49. The van der Waals surface area contributed by atoms with Gasteiger partial charge in [-0.15, -0.1) is 5.10 Å². The first kappa shape index (κ1) is 14.1. The molecule has 24 heavy (non-hydrogen) atoms. The lowest BCUT2D eigenvalue weighted by molar-refractivity contribution is 0.396. The molecule has 120 valence electrons. The third kappa shape index (κ3) is 2.51. The molecule has 0 aliphatic heterocycles. The van der Waals surface area contributed by atoms with Gasteiger partial charge < -0.3 is 14.6 Å². The predicted molar refractivity (Wildman–Crippen MR) is 86.7 cm³/mol. The lowest BCUT2D eigenvalue weighted by Crippen LogP contribution is -2.02. The molecule has 0 saturated heterocycles. The molecule has 0 atom stereocenters. The number of methoxy groups -OCH3 is 1. The normalized spacial score (nSPS) is 10.9. The molecule has 4 heterocycles. The van der Waals surface area contributed by atoms with E-state index in [9.17, 15) is 0 Å². The van der Waals surface area contributed by atoms with Gasteiger partial charge in [-0.2, -0.15) is 9.97 Å². The van der Waals surface area contributed by atoms with Gasteiger partial charge in [-0.1, -0.05) is 0 Å². The maximum Gasteiger partial charge on any atom is 0.248 e. The Labute approximate surface area is 137 Å². The van der Waals surface area contributed by atoms with Crippen molar-refractivity contribution in [2.75, 3.05) is 12.4 Å². The number of nitrogens with one attached hydrogen (secondary N) is 1. The van der Waals surface area contributed by atoms with E-state index >= 15 is 0 Å². The van der Waals surface area contributed by atoms with Crippen LogP contribution in [0, 0.1) is 6.92 Å². The van der Waals surface area contributed by atoms with Crippen molar-refractivity contribution in [3.8, 4) is 11.6 Å². The molecule has 0 unspecified atom stereocenters. The summed E-state index contributed by atoms with van der Waals surface area (Å²) in [5.41, 5.74) is 2.37. The molecule has 0 bridgehead atoms. The minimum atomic E-state index is 0.434. The lowest BCUT2D eigenvalue weighted by atomic mass is 10.3. The maximum absolute atomic E-state index is 5.39. The molecule has 0 radical (unpaired) electrons. The molecular weight excluding hydrogens is 308 g/mol. The number of ether oxygens (including phenoxy) is 1. The van der Waals surface area contributed by atoms with Gasteiger partial charge in [0.2, 0.25) is 11.8 Å². The van der Waals surface area contributed by atoms with Gasteiger partial charge in [-0.3, -0.25) is 4.98 Å². The van der Waals surface area contributed by atoms with Crippen LogP contribution in [0.15, 0.2) is 43.2 Å². The summed E-state index contributed by atoms with van der Waals surface area (Å²) in [6.45, 7) is 1.93. The van der Waals surface area contributed by atoms with E-state index in [0.29, 0.717) is 23.3 Å². The molecule has 4 aromatic rings. The number of imidazole rings is 1. The molecule has 1 N–H and O–H groups in total. The van der Waals surface area contributed by atoms with Gasteiger partial charge in [0.15, 0.2) is 5.65 Å². The van der Waals surface area contributed by atoms with Gasteiger partial charge in [0.1, 0.15) is 11.5 Å². The second-order valence-corrected chi connectivity index (χ2v) is 5.09. The molecule has 9 heteroatoms. The molecule has 0 aromatic carbocycles. The highest BCUT2D eigenvalue weighted by Crippen LogP contribution is 2.24. The highest BCUT2D eigenvalue weighted by molar-refractivity contribution is 5.55. The van der Waals surface area contributed by atoms with E-state index in [-0.39, 0.29) is 0 Å². The van der Waals surface area contributed by atoms with Crippen molar-refractivity contribution in [3.05, 3.63) is 48.9 Å². The number of fused-ring (bicyclic) bond motifs is 1. The van der Waals surface area contributed by atoms with Gasteiger partial charge >= 0.3 is 0 Å². The third-order valence-electron chi connectivity index (χ3n) is 3.40. The number of hydrogen-bond acceptors (Lipinski definition) is 7. The average Bonchev–Trinajstić information content (AvgIpc) is 3.20. The summed E-state index contributed by atoms with van der Waals surface area (Å²) >= 11 is 0. The Morgan fingerprint density at radius 1 is 1.21 bits per heavy atom. The van der Waals surface area contributed by atoms with Crippen LogP contribution in [0.5, 0.6) is 5.88 Å². The number of rotatable bonds is 4. The molecule has 4 aromatic heterocycles. The number of nitrogens with zero attached hydrogens (tertiary/aromatic N) is 7.